The second-order valence-corrected chi connectivity index (χ2v) is 4.47. The van der Waals surface area contributed by atoms with E-state index in [1.54, 1.807) is 0 Å². The molecule has 1 unspecified atom stereocenters. The molecule has 0 amide bonds. The van der Waals surface area contributed by atoms with Crippen LogP contribution in [-0.4, -0.2) is 30.1 Å². The van der Waals surface area contributed by atoms with E-state index in [1.807, 2.05) is 0 Å². The molecule has 0 heterocycles. The normalized spacial score (nSPS) is 15.6. The number of nitrogens with zero attached hydrogens (tertiary/aromatic N) is 1. The van der Waals surface area contributed by atoms with Gasteiger partial charge in [-0.15, -0.1) is 0 Å². The molecule has 0 aliphatic heterocycles. The molecule has 2 N–H and O–H groups in total. The SMILES string of the molecule is CCCCN(CC)C(CC)(CN)CCC. The van der Waals surface area contributed by atoms with E-state index in [-0.39, 0.29) is 5.54 Å². The average Bonchev–Trinajstić information content (AvgIpc) is 2.28. The fraction of sp³-hybridized carbons (Fsp3) is 1.00. The van der Waals surface area contributed by atoms with Crippen molar-refractivity contribution in [3.63, 3.8) is 0 Å². The Hall–Kier alpha value is -0.0800. The van der Waals surface area contributed by atoms with Gasteiger partial charge in [-0.2, -0.15) is 0 Å². The fourth-order valence-corrected chi connectivity index (χ4v) is 2.48. The van der Waals surface area contributed by atoms with Gasteiger partial charge in [-0.3, -0.25) is 4.90 Å². The predicted octanol–water partition coefficient (Wildman–Crippen LogP) is 3.02. The van der Waals surface area contributed by atoms with E-state index in [1.165, 1.54) is 38.6 Å². The fourth-order valence-electron chi connectivity index (χ4n) is 2.48. The molecule has 0 bridgehead atoms. The minimum Gasteiger partial charge on any atom is -0.329 e. The second kappa shape index (κ2) is 8.12. The summed E-state index contributed by atoms with van der Waals surface area (Å²) in [7, 11) is 0. The molecule has 0 radical (unpaired) electrons. The Morgan fingerprint density at radius 1 is 1.07 bits per heavy atom. The third-order valence-electron chi connectivity index (χ3n) is 3.59. The van der Waals surface area contributed by atoms with Crippen molar-refractivity contribution in [1.82, 2.24) is 4.90 Å². The van der Waals surface area contributed by atoms with E-state index in [2.05, 4.69) is 32.6 Å². The Morgan fingerprint density at radius 2 is 1.73 bits per heavy atom. The Balaban J connectivity index is 4.51. The molecular weight excluding hydrogens is 184 g/mol. The zero-order chi connectivity index (χ0) is 11.7. The van der Waals surface area contributed by atoms with Crippen LogP contribution in [0.15, 0.2) is 0 Å². The summed E-state index contributed by atoms with van der Waals surface area (Å²) >= 11 is 0. The van der Waals surface area contributed by atoms with Crippen LogP contribution < -0.4 is 5.73 Å². The van der Waals surface area contributed by atoms with E-state index in [0.717, 1.165) is 13.1 Å². The van der Waals surface area contributed by atoms with E-state index >= 15 is 0 Å². The van der Waals surface area contributed by atoms with Crippen LogP contribution in [0.1, 0.15) is 59.8 Å². The van der Waals surface area contributed by atoms with Gasteiger partial charge in [0.05, 0.1) is 0 Å². The molecule has 0 aromatic heterocycles. The topological polar surface area (TPSA) is 29.3 Å². The summed E-state index contributed by atoms with van der Waals surface area (Å²) in [5.74, 6) is 0. The van der Waals surface area contributed by atoms with Crippen molar-refractivity contribution < 1.29 is 0 Å². The first-order valence-electron chi connectivity index (χ1n) is 6.65. The summed E-state index contributed by atoms with van der Waals surface area (Å²) in [6, 6.07) is 0. The van der Waals surface area contributed by atoms with Gasteiger partial charge in [-0.1, -0.05) is 40.5 Å². The molecule has 0 saturated carbocycles. The Labute approximate surface area is 96.2 Å². The van der Waals surface area contributed by atoms with E-state index < -0.39 is 0 Å². The molecule has 0 spiro atoms. The molecule has 15 heavy (non-hydrogen) atoms. The van der Waals surface area contributed by atoms with Crippen LogP contribution in [0.2, 0.25) is 0 Å². The average molecular weight is 214 g/mol. The number of likely N-dealkylation sites (N-methyl/N-ethyl adjacent to an activating group) is 1. The van der Waals surface area contributed by atoms with Crippen LogP contribution in [0, 0.1) is 0 Å². The largest absolute Gasteiger partial charge is 0.329 e. The van der Waals surface area contributed by atoms with Gasteiger partial charge in [-0.05, 0) is 32.4 Å². The molecule has 1 atom stereocenters. The first kappa shape index (κ1) is 14.9. The van der Waals surface area contributed by atoms with Crippen molar-refractivity contribution in [1.29, 1.82) is 0 Å². The first-order chi connectivity index (χ1) is 7.20. The maximum absolute atomic E-state index is 6.01. The zero-order valence-electron chi connectivity index (χ0n) is 11.2. The van der Waals surface area contributed by atoms with Gasteiger partial charge in [0.25, 0.3) is 0 Å². The Kier molecular flexibility index (Phi) is 8.07. The van der Waals surface area contributed by atoms with Gasteiger partial charge in [0.1, 0.15) is 0 Å². The monoisotopic (exact) mass is 214 g/mol. The number of rotatable bonds is 9. The lowest BCUT2D eigenvalue weighted by Gasteiger charge is -2.42. The maximum atomic E-state index is 6.01. The van der Waals surface area contributed by atoms with Crippen molar-refractivity contribution in [3.8, 4) is 0 Å². The number of nitrogens with two attached hydrogens (primary N) is 1. The highest BCUT2D eigenvalue weighted by molar-refractivity contribution is 4.89. The highest BCUT2D eigenvalue weighted by Gasteiger charge is 2.31. The first-order valence-corrected chi connectivity index (χ1v) is 6.65. The van der Waals surface area contributed by atoms with Crippen LogP contribution in [0.5, 0.6) is 0 Å². The van der Waals surface area contributed by atoms with E-state index in [4.69, 9.17) is 5.73 Å². The molecule has 0 rings (SSSR count). The summed E-state index contributed by atoms with van der Waals surface area (Å²) < 4.78 is 0. The van der Waals surface area contributed by atoms with Crippen LogP contribution in [-0.2, 0) is 0 Å². The summed E-state index contributed by atoms with van der Waals surface area (Å²) in [6.07, 6.45) is 6.20. The van der Waals surface area contributed by atoms with Gasteiger partial charge in [-0.25, -0.2) is 0 Å². The quantitative estimate of drug-likeness (QED) is 0.639. The van der Waals surface area contributed by atoms with Crippen molar-refractivity contribution in [3.05, 3.63) is 0 Å². The predicted molar refractivity (Wildman–Crippen MR) is 69.1 cm³/mol. The summed E-state index contributed by atoms with van der Waals surface area (Å²) in [6.45, 7) is 12.2. The highest BCUT2D eigenvalue weighted by atomic mass is 15.2. The minimum absolute atomic E-state index is 0.263. The lowest BCUT2D eigenvalue weighted by molar-refractivity contribution is 0.0837. The molecular formula is C13H30N2. The molecule has 0 aromatic carbocycles. The lowest BCUT2D eigenvalue weighted by atomic mass is 9.88. The van der Waals surface area contributed by atoms with Gasteiger partial charge < -0.3 is 5.73 Å². The number of hydrogen-bond acceptors (Lipinski definition) is 2. The van der Waals surface area contributed by atoms with Crippen molar-refractivity contribution in [2.24, 2.45) is 5.73 Å². The summed E-state index contributed by atoms with van der Waals surface area (Å²) in [5, 5.41) is 0. The summed E-state index contributed by atoms with van der Waals surface area (Å²) in [4.78, 5) is 2.60. The number of unbranched alkanes of at least 4 members (excludes halogenated alkanes) is 1. The molecule has 2 heteroatoms. The summed E-state index contributed by atoms with van der Waals surface area (Å²) in [5.41, 5.74) is 6.27. The lowest BCUT2D eigenvalue weighted by Crippen LogP contribution is -2.53. The Bertz CT molecular complexity index is 141. The van der Waals surface area contributed by atoms with Crippen LogP contribution in [0.3, 0.4) is 0 Å². The smallest absolute Gasteiger partial charge is 0.0328 e. The third-order valence-corrected chi connectivity index (χ3v) is 3.59. The highest BCUT2D eigenvalue weighted by Crippen LogP contribution is 2.24. The third kappa shape index (κ3) is 4.12. The Morgan fingerprint density at radius 3 is 2.07 bits per heavy atom. The molecule has 0 saturated heterocycles. The second-order valence-electron chi connectivity index (χ2n) is 4.47. The van der Waals surface area contributed by atoms with Crippen LogP contribution in [0.25, 0.3) is 0 Å². The maximum Gasteiger partial charge on any atom is 0.0328 e. The standard InChI is InChI=1S/C13H30N2/c1-5-9-11-15(8-4)13(7-3,12-14)10-6-2/h5-12,14H2,1-4H3. The van der Waals surface area contributed by atoms with Gasteiger partial charge in [0.2, 0.25) is 0 Å². The van der Waals surface area contributed by atoms with E-state index in [0.29, 0.717) is 0 Å². The zero-order valence-corrected chi connectivity index (χ0v) is 11.2. The van der Waals surface area contributed by atoms with Gasteiger partial charge in [0.15, 0.2) is 0 Å². The molecule has 2 nitrogen and oxygen atoms in total. The van der Waals surface area contributed by atoms with Gasteiger partial charge in [0, 0.05) is 12.1 Å². The van der Waals surface area contributed by atoms with Crippen LogP contribution >= 0.6 is 0 Å². The van der Waals surface area contributed by atoms with Crippen molar-refractivity contribution in [2.45, 2.75) is 65.3 Å². The van der Waals surface area contributed by atoms with E-state index in [9.17, 15) is 0 Å². The molecule has 0 aliphatic carbocycles. The van der Waals surface area contributed by atoms with Gasteiger partial charge >= 0.3 is 0 Å². The minimum atomic E-state index is 0.263. The molecule has 92 valence electrons. The van der Waals surface area contributed by atoms with Crippen molar-refractivity contribution >= 4 is 0 Å². The molecule has 0 aromatic rings. The number of hydrogen-bond donors (Lipinski definition) is 1. The molecule has 0 aliphatic rings. The molecule has 0 fully saturated rings. The van der Waals surface area contributed by atoms with Crippen molar-refractivity contribution in [2.75, 3.05) is 19.6 Å². The van der Waals surface area contributed by atoms with Crippen LogP contribution in [0.4, 0.5) is 0 Å².